The van der Waals surface area contributed by atoms with Crippen LogP contribution in [-0.2, 0) is 4.79 Å². The Kier molecular flexibility index (Phi) is 5.71. The van der Waals surface area contributed by atoms with Gasteiger partial charge in [0.15, 0.2) is 0 Å². The summed E-state index contributed by atoms with van der Waals surface area (Å²) >= 11 is 0. The Hall–Kier alpha value is -2.63. The molecule has 1 saturated heterocycles. The zero-order chi connectivity index (χ0) is 18.5. The summed E-state index contributed by atoms with van der Waals surface area (Å²) in [6.45, 7) is 6.63. The molecule has 2 heterocycles. The first-order valence-corrected chi connectivity index (χ1v) is 9.31. The predicted molar refractivity (Wildman–Crippen MR) is 101 cm³/mol. The van der Waals surface area contributed by atoms with Crippen LogP contribution in [0.1, 0.15) is 37.0 Å². The van der Waals surface area contributed by atoms with Crippen molar-refractivity contribution in [2.24, 2.45) is 5.92 Å². The van der Waals surface area contributed by atoms with Gasteiger partial charge in [-0.05, 0) is 44.4 Å². The number of benzene rings is 1. The van der Waals surface area contributed by atoms with Crippen LogP contribution in [0.4, 0.5) is 0 Å². The van der Waals surface area contributed by atoms with Gasteiger partial charge in [-0.15, -0.1) is 0 Å². The SMILES string of the molecule is CCN(CC)C(=O)[C@@H]1CCCN(C(=O)c2cccc(-c3cn[nH]c3)c2)C1. The van der Waals surface area contributed by atoms with Crippen molar-refractivity contribution in [1.29, 1.82) is 0 Å². The van der Waals surface area contributed by atoms with Gasteiger partial charge >= 0.3 is 0 Å². The fraction of sp³-hybridized carbons (Fsp3) is 0.450. The molecule has 0 saturated carbocycles. The summed E-state index contributed by atoms with van der Waals surface area (Å²) in [5, 5.41) is 6.76. The zero-order valence-corrected chi connectivity index (χ0v) is 15.4. The van der Waals surface area contributed by atoms with Crippen molar-refractivity contribution in [3.8, 4) is 11.1 Å². The summed E-state index contributed by atoms with van der Waals surface area (Å²) in [6.07, 6.45) is 5.27. The van der Waals surface area contributed by atoms with E-state index in [9.17, 15) is 9.59 Å². The van der Waals surface area contributed by atoms with Gasteiger partial charge in [0.05, 0.1) is 12.1 Å². The highest BCUT2D eigenvalue weighted by Gasteiger charge is 2.30. The van der Waals surface area contributed by atoms with Crippen molar-refractivity contribution in [3.63, 3.8) is 0 Å². The van der Waals surface area contributed by atoms with Crippen LogP contribution < -0.4 is 0 Å². The third-order valence-electron chi connectivity index (χ3n) is 5.07. The van der Waals surface area contributed by atoms with Crippen LogP contribution in [0.2, 0.25) is 0 Å². The third kappa shape index (κ3) is 3.79. The molecule has 1 aromatic carbocycles. The molecule has 2 amide bonds. The molecule has 26 heavy (non-hydrogen) atoms. The molecule has 0 radical (unpaired) electrons. The molecule has 0 spiro atoms. The van der Waals surface area contributed by atoms with Crippen LogP contribution >= 0.6 is 0 Å². The van der Waals surface area contributed by atoms with Crippen molar-refractivity contribution in [3.05, 3.63) is 42.2 Å². The number of aromatic nitrogens is 2. The Morgan fingerprint density at radius 1 is 1.27 bits per heavy atom. The Bertz CT molecular complexity index is 753. The lowest BCUT2D eigenvalue weighted by Gasteiger charge is -2.34. The first-order valence-electron chi connectivity index (χ1n) is 9.31. The van der Waals surface area contributed by atoms with E-state index in [4.69, 9.17) is 0 Å². The number of carbonyl (C=O) groups excluding carboxylic acids is 2. The van der Waals surface area contributed by atoms with Crippen LogP contribution in [0.25, 0.3) is 11.1 Å². The minimum atomic E-state index is -0.0929. The lowest BCUT2D eigenvalue weighted by atomic mass is 9.95. The van der Waals surface area contributed by atoms with E-state index in [0.717, 1.165) is 24.0 Å². The number of amides is 2. The minimum Gasteiger partial charge on any atom is -0.343 e. The molecule has 138 valence electrons. The van der Waals surface area contributed by atoms with Gasteiger partial charge in [0.1, 0.15) is 0 Å². The maximum Gasteiger partial charge on any atom is 0.253 e. The number of rotatable bonds is 5. The summed E-state index contributed by atoms with van der Waals surface area (Å²) in [7, 11) is 0. The van der Waals surface area contributed by atoms with E-state index < -0.39 is 0 Å². The lowest BCUT2D eigenvalue weighted by Crippen LogP contribution is -2.46. The maximum atomic E-state index is 13.0. The van der Waals surface area contributed by atoms with Crippen molar-refractivity contribution in [2.45, 2.75) is 26.7 Å². The second-order valence-electron chi connectivity index (χ2n) is 6.67. The molecule has 0 unspecified atom stereocenters. The minimum absolute atomic E-state index is 0.00704. The van der Waals surface area contributed by atoms with E-state index in [0.29, 0.717) is 31.7 Å². The molecule has 3 rings (SSSR count). The van der Waals surface area contributed by atoms with Crippen molar-refractivity contribution >= 4 is 11.8 Å². The monoisotopic (exact) mass is 354 g/mol. The van der Waals surface area contributed by atoms with E-state index in [-0.39, 0.29) is 17.7 Å². The zero-order valence-electron chi connectivity index (χ0n) is 15.4. The van der Waals surface area contributed by atoms with Crippen LogP contribution in [0.5, 0.6) is 0 Å². The number of likely N-dealkylation sites (tertiary alicyclic amines) is 1. The number of carbonyl (C=O) groups is 2. The molecule has 2 aromatic rings. The molecule has 0 bridgehead atoms. The lowest BCUT2D eigenvalue weighted by molar-refractivity contribution is -0.136. The molecule has 6 nitrogen and oxygen atoms in total. The van der Waals surface area contributed by atoms with Gasteiger partial charge in [-0.25, -0.2) is 0 Å². The number of aromatic amines is 1. The van der Waals surface area contributed by atoms with Crippen molar-refractivity contribution in [1.82, 2.24) is 20.0 Å². The molecule has 1 N–H and O–H groups in total. The molecule has 1 atom stereocenters. The number of H-pyrrole nitrogens is 1. The van der Waals surface area contributed by atoms with Gasteiger partial charge in [0, 0.05) is 43.5 Å². The number of hydrogen-bond acceptors (Lipinski definition) is 3. The number of nitrogens with zero attached hydrogens (tertiary/aromatic N) is 3. The Morgan fingerprint density at radius 3 is 2.77 bits per heavy atom. The molecular formula is C20H26N4O2. The molecule has 1 aromatic heterocycles. The van der Waals surface area contributed by atoms with Gasteiger partial charge in [-0.1, -0.05) is 12.1 Å². The molecule has 1 aliphatic heterocycles. The molecular weight excluding hydrogens is 328 g/mol. The van der Waals surface area contributed by atoms with Crippen LogP contribution in [-0.4, -0.2) is 58.0 Å². The summed E-state index contributed by atoms with van der Waals surface area (Å²) < 4.78 is 0. The summed E-state index contributed by atoms with van der Waals surface area (Å²) in [4.78, 5) is 29.3. The van der Waals surface area contributed by atoms with Crippen LogP contribution in [0.3, 0.4) is 0 Å². The normalized spacial score (nSPS) is 17.2. The van der Waals surface area contributed by atoms with E-state index in [1.165, 1.54) is 0 Å². The average Bonchev–Trinajstić information content (AvgIpc) is 3.23. The van der Waals surface area contributed by atoms with Crippen LogP contribution in [0.15, 0.2) is 36.7 Å². The highest BCUT2D eigenvalue weighted by atomic mass is 16.2. The van der Waals surface area contributed by atoms with E-state index in [1.807, 2.05) is 54.1 Å². The van der Waals surface area contributed by atoms with Gasteiger partial charge in [0.2, 0.25) is 5.91 Å². The van der Waals surface area contributed by atoms with Gasteiger partial charge in [0.25, 0.3) is 5.91 Å². The summed E-state index contributed by atoms with van der Waals surface area (Å²) in [5.74, 6) is 0.0664. The van der Waals surface area contributed by atoms with E-state index >= 15 is 0 Å². The first-order chi connectivity index (χ1) is 12.6. The Balaban J connectivity index is 1.73. The number of nitrogens with one attached hydrogen (secondary N) is 1. The third-order valence-corrected chi connectivity index (χ3v) is 5.07. The summed E-state index contributed by atoms with van der Waals surface area (Å²) in [6, 6.07) is 7.58. The van der Waals surface area contributed by atoms with Gasteiger partial charge in [-0.2, -0.15) is 5.10 Å². The fourth-order valence-electron chi connectivity index (χ4n) is 3.58. The predicted octanol–water partition coefficient (Wildman–Crippen LogP) is 2.80. The first kappa shape index (κ1) is 18.2. The van der Waals surface area contributed by atoms with Crippen molar-refractivity contribution in [2.75, 3.05) is 26.2 Å². The Labute approximate surface area is 154 Å². The van der Waals surface area contributed by atoms with Gasteiger partial charge < -0.3 is 9.80 Å². The largest absolute Gasteiger partial charge is 0.343 e. The van der Waals surface area contributed by atoms with Crippen molar-refractivity contribution < 1.29 is 9.59 Å². The van der Waals surface area contributed by atoms with E-state index in [1.54, 1.807) is 6.20 Å². The maximum absolute atomic E-state index is 13.0. The smallest absolute Gasteiger partial charge is 0.253 e. The Morgan fingerprint density at radius 2 is 2.08 bits per heavy atom. The topological polar surface area (TPSA) is 69.3 Å². The average molecular weight is 354 g/mol. The van der Waals surface area contributed by atoms with E-state index in [2.05, 4.69) is 10.2 Å². The molecule has 1 aliphatic rings. The number of piperidine rings is 1. The molecule has 1 fully saturated rings. The highest BCUT2D eigenvalue weighted by Crippen LogP contribution is 2.23. The standard InChI is InChI=1S/C20H26N4O2/c1-3-23(4-2)20(26)17-9-6-10-24(14-17)19(25)16-8-5-7-15(11-16)18-12-21-22-13-18/h5,7-8,11-13,17H,3-4,6,9-10,14H2,1-2H3,(H,21,22)/t17-/m1/s1. The fourth-order valence-corrected chi connectivity index (χ4v) is 3.58. The van der Waals surface area contributed by atoms with Crippen LogP contribution in [0, 0.1) is 5.92 Å². The highest BCUT2D eigenvalue weighted by molar-refractivity contribution is 5.96. The molecule has 0 aliphatic carbocycles. The number of hydrogen-bond donors (Lipinski definition) is 1. The molecule has 6 heteroatoms. The summed E-state index contributed by atoms with van der Waals surface area (Å²) in [5.41, 5.74) is 2.56. The quantitative estimate of drug-likeness (QED) is 0.898. The second-order valence-corrected chi connectivity index (χ2v) is 6.67. The van der Waals surface area contributed by atoms with Gasteiger partial charge in [-0.3, -0.25) is 14.7 Å². The second kappa shape index (κ2) is 8.17.